The topological polar surface area (TPSA) is 95.9 Å². The van der Waals surface area contributed by atoms with Gasteiger partial charge in [-0.25, -0.2) is 21.5 Å². The van der Waals surface area contributed by atoms with E-state index in [1.54, 1.807) is 13.0 Å². The molecular formula is C28H37F2N3O4S. The van der Waals surface area contributed by atoms with Crippen LogP contribution in [0.4, 0.5) is 8.78 Å². The normalized spacial score (nSPS) is 22.0. The summed E-state index contributed by atoms with van der Waals surface area (Å²) in [6.45, 7) is 3.96. The molecule has 0 aromatic heterocycles. The number of piperidine rings is 1. The fourth-order valence-corrected chi connectivity index (χ4v) is 7.21. The van der Waals surface area contributed by atoms with Crippen LogP contribution >= 0.6 is 0 Å². The molecule has 0 radical (unpaired) electrons. The second kappa shape index (κ2) is 11.7. The summed E-state index contributed by atoms with van der Waals surface area (Å²) in [7, 11) is -3.50. The van der Waals surface area contributed by atoms with Crippen molar-refractivity contribution in [2.24, 2.45) is 10.9 Å². The highest BCUT2D eigenvalue weighted by atomic mass is 32.2. The molecule has 2 heterocycles. The molecule has 1 aromatic carbocycles. The molecule has 4 rings (SSSR count). The summed E-state index contributed by atoms with van der Waals surface area (Å²) in [4.78, 5) is 29.1. The van der Waals surface area contributed by atoms with Gasteiger partial charge in [-0.15, -0.1) is 0 Å². The number of carbonyl (C=O) groups is 2. The first kappa shape index (κ1) is 28.5. The first-order chi connectivity index (χ1) is 18.0. The van der Waals surface area contributed by atoms with Gasteiger partial charge >= 0.3 is 0 Å². The number of aryl methyl sites for hydroxylation is 2. The van der Waals surface area contributed by atoms with Crippen LogP contribution in [0, 0.1) is 12.8 Å². The molecule has 0 unspecified atom stereocenters. The number of nitrogens with zero attached hydrogens (tertiary/aromatic N) is 2. The highest BCUT2D eigenvalue weighted by molar-refractivity contribution is 7.89. The number of amidine groups is 1. The van der Waals surface area contributed by atoms with Crippen LogP contribution in [-0.4, -0.2) is 61.1 Å². The molecule has 10 heteroatoms. The number of amides is 1. The third-order valence-electron chi connectivity index (χ3n) is 8.03. The predicted octanol–water partition coefficient (Wildman–Crippen LogP) is 4.13. The number of rotatable bonds is 9. The van der Waals surface area contributed by atoms with Crippen LogP contribution < -0.4 is 5.32 Å². The summed E-state index contributed by atoms with van der Waals surface area (Å²) in [6.07, 6.45) is 3.50. The molecule has 208 valence electrons. The summed E-state index contributed by atoms with van der Waals surface area (Å²) in [5.74, 6) is 0.668. The van der Waals surface area contributed by atoms with Crippen molar-refractivity contribution in [1.29, 1.82) is 0 Å². The summed E-state index contributed by atoms with van der Waals surface area (Å²) >= 11 is 0. The number of benzene rings is 1. The molecule has 38 heavy (non-hydrogen) atoms. The Morgan fingerprint density at radius 1 is 1.24 bits per heavy atom. The van der Waals surface area contributed by atoms with Gasteiger partial charge in [-0.1, -0.05) is 29.8 Å². The number of ketones is 1. The minimum absolute atomic E-state index is 0.0168. The Balaban J connectivity index is 1.32. The van der Waals surface area contributed by atoms with Crippen LogP contribution in [0.25, 0.3) is 0 Å². The second-order valence-corrected chi connectivity index (χ2v) is 12.9. The van der Waals surface area contributed by atoms with E-state index in [4.69, 9.17) is 4.99 Å². The molecule has 2 aliphatic heterocycles. The lowest BCUT2D eigenvalue weighted by Crippen LogP contribution is -2.51. The third kappa shape index (κ3) is 6.75. The number of allylic oxidation sites excluding steroid dienone is 2. The van der Waals surface area contributed by atoms with Gasteiger partial charge in [0, 0.05) is 31.8 Å². The average molecular weight is 550 g/mol. The van der Waals surface area contributed by atoms with Gasteiger partial charge < -0.3 is 5.32 Å². The number of carbonyl (C=O) groups excluding carboxylic acids is 2. The number of sulfonamides is 1. The molecule has 7 nitrogen and oxygen atoms in total. The lowest BCUT2D eigenvalue weighted by atomic mass is 9.84. The molecule has 1 aliphatic carbocycles. The highest BCUT2D eigenvalue weighted by Crippen LogP contribution is 2.36. The van der Waals surface area contributed by atoms with E-state index in [1.807, 2.05) is 25.1 Å². The molecule has 1 aromatic rings. The van der Waals surface area contributed by atoms with Crippen molar-refractivity contribution in [1.82, 2.24) is 9.62 Å². The fourth-order valence-electron chi connectivity index (χ4n) is 5.73. The van der Waals surface area contributed by atoms with Crippen LogP contribution in [0.3, 0.4) is 0 Å². The van der Waals surface area contributed by atoms with E-state index in [2.05, 4.69) is 5.32 Å². The number of halogens is 2. The average Bonchev–Trinajstić information content (AvgIpc) is 3.17. The standard InChI is InChI=1S/C28H37F2N3O4S/c1-19-17-22(18-20(2)34)5-7-23(19)11-16-38(36,37)33-14-12-28(13-15-33)27(35)31-26(32-28)24-8-3-21(4-9-24)6-10-25(29)30/h5-7,17,24-25H,3-4,8-16,18H2,1-2H3,(H,31,32,35). The fraction of sp³-hybridized carbons (Fsp3) is 0.607. The van der Waals surface area contributed by atoms with Gasteiger partial charge in [-0.3, -0.25) is 14.6 Å². The zero-order chi connectivity index (χ0) is 27.5. The van der Waals surface area contributed by atoms with Gasteiger partial charge in [0.25, 0.3) is 5.91 Å². The van der Waals surface area contributed by atoms with E-state index < -0.39 is 22.0 Å². The Morgan fingerprint density at radius 3 is 2.53 bits per heavy atom. The number of nitrogens with one attached hydrogen (secondary N) is 1. The van der Waals surface area contributed by atoms with Crippen molar-refractivity contribution < 1.29 is 26.8 Å². The summed E-state index contributed by atoms with van der Waals surface area (Å²) in [5, 5.41) is 2.95. The van der Waals surface area contributed by atoms with Gasteiger partial charge in [0.05, 0.1) is 5.75 Å². The van der Waals surface area contributed by atoms with Crippen molar-refractivity contribution in [3.05, 3.63) is 46.5 Å². The Bertz CT molecular complexity index is 1220. The number of aliphatic imine (C=N–C) groups is 1. The van der Waals surface area contributed by atoms with Crippen LogP contribution in [0.5, 0.6) is 0 Å². The van der Waals surface area contributed by atoms with Gasteiger partial charge in [0.2, 0.25) is 16.4 Å². The van der Waals surface area contributed by atoms with Gasteiger partial charge in [-0.2, -0.15) is 0 Å². The van der Waals surface area contributed by atoms with Crippen molar-refractivity contribution in [2.45, 2.75) is 83.6 Å². The molecule has 3 aliphatic rings. The molecule has 1 N–H and O–H groups in total. The smallest absolute Gasteiger partial charge is 0.253 e. The Labute approximate surface area is 223 Å². The second-order valence-electron chi connectivity index (χ2n) is 10.9. The lowest BCUT2D eigenvalue weighted by molar-refractivity contribution is -0.125. The third-order valence-corrected chi connectivity index (χ3v) is 9.90. The molecule has 1 spiro atoms. The molecular weight excluding hydrogens is 512 g/mol. The number of Topliss-reactive ketones (excluding diaryl/α,β-unsaturated/α-hetero) is 1. The maximum absolute atomic E-state index is 13.1. The molecule has 2 fully saturated rings. The summed E-state index contributed by atoms with van der Waals surface area (Å²) in [5.41, 5.74) is 2.96. The van der Waals surface area contributed by atoms with Crippen molar-refractivity contribution in [3.63, 3.8) is 0 Å². The largest absolute Gasteiger partial charge is 0.312 e. The van der Waals surface area contributed by atoms with Crippen molar-refractivity contribution in [3.8, 4) is 0 Å². The molecule has 1 saturated heterocycles. The van der Waals surface area contributed by atoms with Gasteiger partial charge in [-0.05, 0) is 75.5 Å². The van der Waals surface area contributed by atoms with E-state index in [9.17, 15) is 26.8 Å². The lowest BCUT2D eigenvalue weighted by Gasteiger charge is -2.34. The maximum Gasteiger partial charge on any atom is 0.253 e. The first-order valence-electron chi connectivity index (χ1n) is 13.4. The molecule has 0 atom stereocenters. The Morgan fingerprint density at radius 2 is 1.92 bits per heavy atom. The van der Waals surface area contributed by atoms with E-state index in [0.717, 1.165) is 47.9 Å². The summed E-state index contributed by atoms with van der Waals surface area (Å²) in [6, 6.07) is 5.72. The number of hydrogen-bond acceptors (Lipinski definition) is 5. The van der Waals surface area contributed by atoms with Gasteiger partial charge in [0.15, 0.2) is 0 Å². The van der Waals surface area contributed by atoms with Crippen LogP contribution in [0.15, 0.2) is 34.8 Å². The van der Waals surface area contributed by atoms with Crippen LogP contribution in [0.1, 0.15) is 68.6 Å². The molecule has 1 saturated carbocycles. The first-order valence-corrected chi connectivity index (χ1v) is 15.0. The molecule has 0 bridgehead atoms. The number of alkyl halides is 2. The van der Waals surface area contributed by atoms with Crippen molar-refractivity contribution >= 4 is 27.5 Å². The highest BCUT2D eigenvalue weighted by Gasteiger charge is 2.48. The Kier molecular flexibility index (Phi) is 8.82. The van der Waals surface area contributed by atoms with E-state index in [1.165, 1.54) is 4.31 Å². The van der Waals surface area contributed by atoms with Crippen LogP contribution in [0.2, 0.25) is 0 Å². The van der Waals surface area contributed by atoms with Crippen molar-refractivity contribution in [2.75, 3.05) is 18.8 Å². The van der Waals surface area contributed by atoms with E-state index in [0.29, 0.717) is 31.5 Å². The van der Waals surface area contributed by atoms with Crippen LogP contribution in [-0.2, 0) is 32.5 Å². The minimum atomic E-state index is -3.50. The SMILES string of the molecule is CC(=O)Cc1ccc(CCS(=O)(=O)N2CCC3(CC2)N=C(C2CCC(=CCC(F)F)CC2)NC3=O)c(C)c1. The zero-order valence-electron chi connectivity index (χ0n) is 22.1. The van der Waals surface area contributed by atoms with Gasteiger partial charge in [0.1, 0.15) is 17.2 Å². The summed E-state index contributed by atoms with van der Waals surface area (Å²) < 4.78 is 52.6. The monoisotopic (exact) mass is 549 g/mol. The minimum Gasteiger partial charge on any atom is -0.312 e. The number of hydrogen-bond donors (Lipinski definition) is 1. The molecule has 1 amide bonds. The van der Waals surface area contributed by atoms with E-state index in [-0.39, 0.29) is 42.9 Å². The maximum atomic E-state index is 13.1. The zero-order valence-corrected chi connectivity index (χ0v) is 23.0. The quantitative estimate of drug-likeness (QED) is 0.469. The Hall–Kier alpha value is -2.46. The van der Waals surface area contributed by atoms with E-state index >= 15 is 0 Å². The predicted molar refractivity (Wildman–Crippen MR) is 143 cm³/mol.